The Labute approximate surface area is 154 Å². The molecule has 7 nitrogen and oxygen atoms in total. The van der Waals surface area contributed by atoms with Crippen molar-refractivity contribution in [1.82, 2.24) is 19.7 Å². The molecule has 2 heterocycles. The van der Waals surface area contributed by atoms with Crippen LogP contribution in [0.25, 0.3) is 16.4 Å². The number of para-hydroxylation sites is 1. The van der Waals surface area contributed by atoms with E-state index in [1.165, 1.54) is 23.2 Å². The van der Waals surface area contributed by atoms with Gasteiger partial charge in [0.15, 0.2) is 11.9 Å². The third-order valence-electron chi connectivity index (χ3n) is 3.60. The van der Waals surface area contributed by atoms with Crippen LogP contribution >= 0.6 is 11.3 Å². The number of nitrogens with zero attached hydrogens (tertiary/aromatic N) is 4. The van der Waals surface area contributed by atoms with E-state index in [0.717, 1.165) is 10.6 Å². The van der Waals surface area contributed by atoms with Crippen molar-refractivity contribution in [2.75, 3.05) is 14.1 Å². The summed E-state index contributed by atoms with van der Waals surface area (Å²) in [4.78, 5) is 30.9. The van der Waals surface area contributed by atoms with E-state index in [9.17, 15) is 9.59 Å². The summed E-state index contributed by atoms with van der Waals surface area (Å²) < 4.78 is 6.81. The summed E-state index contributed by atoms with van der Waals surface area (Å²) in [6.45, 7) is 1.52. The zero-order chi connectivity index (χ0) is 18.7. The second-order valence-electron chi connectivity index (χ2n) is 5.76. The molecule has 1 unspecified atom stereocenters. The topological polar surface area (TPSA) is 77.3 Å². The lowest BCUT2D eigenvalue weighted by Gasteiger charge is -2.16. The van der Waals surface area contributed by atoms with Gasteiger partial charge in [-0.1, -0.05) is 24.3 Å². The maximum absolute atomic E-state index is 12.4. The molecule has 0 aliphatic rings. The average Bonchev–Trinajstić information content (AvgIpc) is 3.30. The van der Waals surface area contributed by atoms with Crippen LogP contribution in [0.15, 0.2) is 47.8 Å². The molecule has 3 rings (SSSR count). The summed E-state index contributed by atoms with van der Waals surface area (Å²) in [7, 11) is 3.20. The normalized spacial score (nSPS) is 11.8. The summed E-state index contributed by atoms with van der Waals surface area (Å²) in [6, 6.07) is 13.2. The molecule has 26 heavy (non-hydrogen) atoms. The van der Waals surface area contributed by atoms with Gasteiger partial charge in [-0.25, -0.2) is 9.48 Å². The number of aromatic nitrogens is 3. The Balaban J connectivity index is 1.94. The molecule has 0 bridgehead atoms. The number of hydrogen-bond donors (Lipinski definition) is 0. The van der Waals surface area contributed by atoms with E-state index < -0.39 is 12.1 Å². The van der Waals surface area contributed by atoms with Crippen LogP contribution in [0, 0.1) is 0 Å². The fourth-order valence-electron chi connectivity index (χ4n) is 2.34. The Morgan fingerprint density at radius 2 is 1.88 bits per heavy atom. The highest BCUT2D eigenvalue weighted by atomic mass is 32.1. The SMILES string of the molecule is CC(OC(=O)c1nc(-c2cccs2)n(-c2ccccc2)n1)C(=O)N(C)C. The number of hydrogen-bond acceptors (Lipinski definition) is 6. The minimum absolute atomic E-state index is 0.0874. The molecule has 0 saturated heterocycles. The van der Waals surface area contributed by atoms with Gasteiger partial charge in [0.2, 0.25) is 0 Å². The van der Waals surface area contributed by atoms with E-state index in [1.807, 2.05) is 47.8 Å². The number of ether oxygens (including phenoxy) is 1. The minimum atomic E-state index is -0.911. The first kappa shape index (κ1) is 17.8. The zero-order valence-electron chi connectivity index (χ0n) is 14.6. The lowest BCUT2D eigenvalue weighted by molar-refractivity contribution is -0.137. The molecule has 1 aromatic carbocycles. The number of carbonyl (C=O) groups is 2. The molecule has 0 fully saturated rings. The van der Waals surface area contributed by atoms with E-state index in [-0.39, 0.29) is 11.7 Å². The van der Waals surface area contributed by atoms with Crippen molar-refractivity contribution in [2.24, 2.45) is 0 Å². The molecule has 0 radical (unpaired) electrons. The Kier molecular flexibility index (Phi) is 5.13. The first-order valence-corrected chi connectivity index (χ1v) is 8.84. The number of carbonyl (C=O) groups excluding carboxylic acids is 2. The highest BCUT2D eigenvalue weighted by Gasteiger charge is 2.25. The summed E-state index contributed by atoms with van der Waals surface area (Å²) in [5.41, 5.74) is 0.778. The van der Waals surface area contributed by atoms with E-state index in [4.69, 9.17) is 4.74 Å². The van der Waals surface area contributed by atoms with Gasteiger partial charge in [0.1, 0.15) is 0 Å². The lowest BCUT2D eigenvalue weighted by atomic mass is 10.3. The highest BCUT2D eigenvalue weighted by Crippen LogP contribution is 2.25. The Morgan fingerprint density at radius 3 is 2.50 bits per heavy atom. The molecule has 0 aliphatic carbocycles. The van der Waals surface area contributed by atoms with Crippen molar-refractivity contribution >= 4 is 23.2 Å². The second-order valence-corrected chi connectivity index (χ2v) is 6.71. The molecular formula is C18H18N4O3S. The van der Waals surface area contributed by atoms with Gasteiger partial charge < -0.3 is 9.64 Å². The van der Waals surface area contributed by atoms with Crippen molar-refractivity contribution in [3.05, 3.63) is 53.7 Å². The van der Waals surface area contributed by atoms with E-state index in [0.29, 0.717) is 5.82 Å². The molecule has 0 spiro atoms. The van der Waals surface area contributed by atoms with Crippen LogP contribution in [0.5, 0.6) is 0 Å². The standard InChI is InChI=1S/C18H18N4O3S/c1-12(17(23)21(2)3)25-18(24)15-19-16(14-10-7-11-26-14)22(20-15)13-8-5-4-6-9-13/h4-12H,1-3H3. The van der Waals surface area contributed by atoms with Gasteiger partial charge in [0.25, 0.3) is 11.7 Å². The first-order chi connectivity index (χ1) is 12.5. The summed E-state index contributed by atoms with van der Waals surface area (Å²) in [5.74, 6) is -0.583. The van der Waals surface area contributed by atoms with Crippen LogP contribution in [0.3, 0.4) is 0 Å². The van der Waals surface area contributed by atoms with Gasteiger partial charge in [-0.15, -0.1) is 16.4 Å². The Hall–Kier alpha value is -3.00. The third kappa shape index (κ3) is 3.65. The largest absolute Gasteiger partial charge is 0.447 e. The summed E-state index contributed by atoms with van der Waals surface area (Å²) >= 11 is 1.50. The molecule has 0 saturated carbocycles. The number of rotatable bonds is 5. The summed E-state index contributed by atoms with van der Waals surface area (Å²) in [5, 5.41) is 6.23. The molecular weight excluding hydrogens is 352 g/mol. The molecule has 1 amide bonds. The van der Waals surface area contributed by atoms with Crippen LogP contribution < -0.4 is 0 Å². The van der Waals surface area contributed by atoms with E-state index in [1.54, 1.807) is 18.8 Å². The maximum atomic E-state index is 12.4. The number of esters is 1. The van der Waals surface area contributed by atoms with Crippen molar-refractivity contribution in [3.63, 3.8) is 0 Å². The predicted octanol–water partition coefficient (Wildman–Crippen LogP) is 2.63. The number of thiophene rings is 1. The fraction of sp³-hybridized carbons (Fsp3) is 0.222. The first-order valence-electron chi connectivity index (χ1n) is 7.96. The zero-order valence-corrected chi connectivity index (χ0v) is 15.4. The quantitative estimate of drug-likeness (QED) is 0.645. The van der Waals surface area contributed by atoms with Crippen LogP contribution in [-0.2, 0) is 9.53 Å². The van der Waals surface area contributed by atoms with E-state index >= 15 is 0 Å². The maximum Gasteiger partial charge on any atom is 0.379 e. The van der Waals surface area contributed by atoms with Crippen molar-refractivity contribution in [3.8, 4) is 16.4 Å². The van der Waals surface area contributed by atoms with Crippen LogP contribution in [0.4, 0.5) is 0 Å². The number of benzene rings is 1. The van der Waals surface area contributed by atoms with Crippen molar-refractivity contribution < 1.29 is 14.3 Å². The molecule has 0 aliphatic heterocycles. The smallest absolute Gasteiger partial charge is 0.379 e. The summed E-state index contributed by atoms with van der Waals surface area (Å²) in [6.07, 6.45) is -0.911. The second kappa shape index (κ2) is 7.49. The van der Waals surface area contributed by atoms with Gasteiger partial charge >= 0.3 is 5.97 Å². The molecule has 3 aromatic rings. The molecule has 1 atom stereocenters. The van der Waals surface area contributed by atoms with Crippen molar-refractivity contribution in [2.45, 2.75) is 13.0 Å². The third-order valence-corrected chi connectivity index (χ3v) is 4.47. The molecule has 0 N–H and O–H groups in total. The highest BCUT2D eigenvalue weighted by molar-refractivity contribution is 7.13. The average molecular weight is 370 g/mol. The van der Waals surface area contributed by atoms with Crippen LogP contribution in [-0.4, -0.2) is 51.7 Å². The van der Waals surface area contributed by atoms with E-state index in [2.05, 4.69) is 10.1 Å². The Morgan fingerprint density at radius 1 is 1.15 bits per heavy atom. The van der Waals surface area contributed by atoms with Gasteiger partial charge in [-0.05, 0) is 30.5 Å². The predicted molar refractivity (Wildman–Crippen MR) is 98.2 cm³/mol. The van der Waals surface area contributed by atoms with Gasteiger partial charge in [-0.2, -0.15) is 4.98 Å². The van der Waals surface area contributed by atoms with Gasteiger partial charge in [0.05, 0.1) is 10.6 Å². The molecule has 134 valence electrons. The molecule has 2 aromatic heterocycles. The number of likely N-dealkylation sites (N-methyl/N-ethyl adjacent to an activating group) is 1. The minimum Gasteiger partial charge on any atom is -0.447 e. The van der Waals surface area contributed by atoms with Crippen LogP contribution in [0.2, 0.25) is 0 Å². The molecule has 8 heteroatoms. The monoisotopic (exact) mass is 370 g/mol. The fourth-order valence-corrected chi connectivity index (χ4v) is 3.04. The Bertz CT molecular complexity index is 904. The van der Waals surface area contributed by atoms with Crippen LogP contribution in [0.1, 0.15) is 17.5 Å². The number of amides is 1. The lowest BCUT2D eigenvalue weighted by Crippen LogP contribution is -2.35. The van der Waals surface area contributed by atoms with Gasteiger partial charge in [-0.3, -0.25) is 4.79 Å². The van der Waals surface area contributed by atoms with Crippen molar-refractivity contribution in [1.29, 1.82) is 0 Å². The van der Waals surface area contributed by atoms with Gasteiger partial charge in [0, 0.05) is 14.1 Å².